The number of halogens is 1. The van der Waals surface area contributed by atoms with Crippen molar-refractivity contribution in [2.24, 2.45) is 0 Å². The molecule has 0 spiro atoms. The molecule has 0 saturated carbocycles. The molecule has 2 rings (SSSR count). The average Bonchev–Trinajstić information content (AvgIpc) is 2.28. The van der Waals surface area contributed by atoms with E-state index in [1.165, 1.54) is 4.90 Å². The van der Waals surface area contributed by atoms with Gasteiger partial charge >= 0.3 is 6.09 Å². The molecule has 1 fully saturated rings. The number of aryl methyl sites for hydroxylation is 1. The smallest absolute Gasteiger partial charge is 0.407 e. The maximum absolute atomic E-state index is 10.8. The fraction of sp³-hybridized carbons (Fsp3) is 0.500. The normalized spacial score (nSPS) is 16.1. The van der Waals surface area contributed by atoms with Gasteiger partial charge in [-0.3, -0.25) is 0 Å². The van der Waals surface area contributed by atoms with Gasteiger partial charge < -0.3 is 14.9 Å². The molecule has 1 N–H and O–H groups in total. The number of rotatable bonds is 1. The van der Waals surface area contributed by atoms with Crippen LogP contribution >= 0.6 is 11.6 Å². The van der Waals surface area contributed by atoms with Crippen LogP contribution in [0.15, 0.2) is 6.07 Å². The van der Waals surface area contributed by atoms with Crippen LogP contribution in [0.1, 0.15) is 5.69 Å². The van der Waals surface area contributed by atoms with Gasteiger partial charge in [0.05, 0.1) is 0 Å². The van der Waals surface area contributed by atoms with E-state index < -0.39 is 6.09 Å². The predicted molar refractivity (Wildman–Crippen MR) is 63.6 cm³/mol. The highest BCUT2D eigenvalue weighted by Gasteiger charge is 2.21. The molecule has 0 atom stereocenters. The third kappa shape index (κ3) is 2.76. The lowest BCUT2D eigenvalue weighted by atomic mass is 10.3. The Hall–Kier alpha value is -1.56. The summed E-state index contributed by atoms with van der Waals surface area (Å²) in [6.07, 6.45) is -0.874. The molecule has 0 bridgehead atoms. The van der Waals surface area contributed by atoms with Crippen molar-refractivity contribution in [1.29, 1.82) is 0 Å². The van der Waals surface area contributed by atoms with E-state index in [4.69, 9.17) is 16.7 Å². The molecule has 1 aliphatic heterocycles. The lowest BCUT2D eigenvalue weighted by molar-refractivity contribution is 0.142. The first kappa shape index (κ1) is 11.9. The molecule has 0 unspecified atom stereocenters. The van der Waals surface area contributed by atoms with Crippen LogP contribution in [0.3, 0.4) is 0 Å². The molecule has 7 heteroatoms. The van der Waals surface area contributed by atoms with E-state index >= 15 is 0 Å². The molecular weight excluding hydrogens is 244 g/mol. The second-order valence-corrected chi connectivity index (χ2v) is 4.23. The number of aromatic nitrogens is 2. The van der Waals surface area contributed by atoms with Crippen LogP contribution in [0.4, 0.5) is 10.6 Å². The van der Waals surface area contributed by atoms with Gasteiger partial charge in [-0.2, -0.15) is 0 Å². The Morgan fingerprint density at radius 1 is 1.35 bits per heavy atom. The standard InChI is InChI=1S/C10H13ClN4O2/c1-7-6-8(13-9(11)12-7)14-2-4-15(5-3-14)10(16)17/h6H,2-5H2,1H3,(H,16,17). The van der Waals surface area contributed by atoms with Gasteiger partial charge in [0.15, 0.2) is 0 Å². The highest BCUT2D eigenvalue weighted by Crippen LogP contribution is 2.16. The Kier molecular flexibility index (Phi) is 3.33. The molecule has 17 heavy (non-hydrogen) atoms. The lowest BCUT2D eigenvalue weighted by Gasteiger charge is -2.33. The molecule has 1 aromatic rings. The summed E-state index contributed by atoms with van der Waals surface area (Å²) in [5.74, 6) is 0.757. The van der Waals surface area contributed by atoms with E-state index in [0.29, 0.717) is 26.2 Å². The minimum absolute atomic E-state index is 0.223. The fourth-order valence-electron chi connectivity index (χ4n) is 1.81. The van der Waals surface area contributed by atoms with Crippen LogP contribution in [0.2, 0.25) is 5.28 Å². The monoisotopic (exact) mass is 256 g/mol. The Labute approximate surface area is 104 Å². The van der Waals surface area contributed by atoms with Crippen LogP contribution in [0.25, 0.3) is 0 Å². The molecule has 0 radical (unpaired) electrons. The van der Waals surface area contributed by atoms with E-state index in [0.717, 1.165) is 11.5 Å². The van der Waals surface area contributed by atoms with Crippen molar-refractivity contribution in [3.63, 3.8) is 0 Å². The van der Waals surface area contributed by atoms with Crippen LogP contribution in [-0.4, -0.2) is 52.2 Å². The summed E-state index contributed by atoms with van der Waals surface area (Å²) in [5.41, 5.74) is 0.806. The van der Waals surface area contributed by atoms with E-state index in [2.05, 4.69) is 9.97 Å². The molecule has 1 saturated heterocycles. The van der Waals surface area contributed by atoms with Crippen LogP contribution in [0.5, 0.6) is 0 Å². The number of carboxylic acid groups (broad SMARTS) is 1. The first-order valence-corrected chi connectivity index (χ1v) is 5.68. The van der Waals surface area contributed by atoms with Crippen molar-refractivity contribution in [2.45, 2.75) is 6.92 Å². The van der Waals surface area contributed by atoms with Gasteiger partial charge in [0, 0.05) is 37.9 Å². The van der Waals surface area contributed by atoms with Crippen molar-refractivity contribution in [3.8, 4) is 0 Å². The number of hydrogen-bond donors (Lipinski definition) is 1. The Bertz CT molecular complexity index is 412. The summed E-state index contributed by atoms with van der Waals surface area (Å²) in [4.78, 5) is 22.3. The van der Waals surface area contributed by atoms with E-state index in [1.54, 1.807) is 0 Å². The molecule has 92 valence electrons. The molecular formula is C10H13ClN4O2. The lowest BCUT2D eigenvalue weighted by Crippen LogP contribution is -2.48. The number of anilines is 1. The highest BCUT2D eigenvalue weighted by atomic mass is 35.5. The summed E-state index contributed by atoms with van der Waals surface area (Å²) in [7, 11) is 0. The number of carbonyl (C=O) groups is 1. The molecule has 1 aliphatic rings. The first-order chi connectivity index (χ1) is 8.06. The van der Waals surface area contributed by atoms with Crippen molar-refractivity contribution >= 4 is 23.5 Å². The molecule has 2 heterocycles. The van der Waals surface area contributed by atoms with E-state index in [9.17, 15) is 4.79 Å². The zero-order valence-corrected chi connectivity index (χ0v) is 10.2. The van der Waals surface area contributed by atoms with E-state index in [1.807, 2.05) is 17.9 Å². The molecule has 1 aromatic heterocycles. The zero-order chi connectivity index (χ0) is 12.4. The molecule has 1 amide bonds. The average molecular weight is 257 g/mol. The van der Waals surface area contributed by atoms with Crippen LogP contribution < -0.4 is 4.90 Å². The molecule has 0 aliphatic carbocycles. The third-order valence-corrected chi connectivity index (χ3v) is 2.86. The quantitative estimate of drug-likeness (QED) is 0.766. The molecule has 0 aromatic carbocycles. The largest absolute Gasteiger partial charge is 0.465 e. The summed E-state index contributed by atoms with van der Waals surface area (Å²) >= 11 is 5.80. The fourth-order valence-corrected chi connectivity index (χ4v) is 2.03. The second-order valence-electron chi connectivity index (χ2n) is 3.89. The van der Waals surface area contributed by atoms with E-state index in [-0.39, 0.29) is 5.28 Å². The van der Waals surface area contributed by atoms with Crippen molar-refractivity contribution in [2.75, 3.05) is 31.1 Å². The number of hydrogen-bond acceptors (Lipinski definition) is 4. The van der Waals surface area contributed by atoms with Crippen molar-refractivity contribution in [1.82, 2.24) is 14.9 Å². The van der Waals surface area contributed by atoms with Gasteiger partial charge in [-0.05, 0) is 18.5 Å². The van der Waals surface area contributed by atoms with Gasteiger partial charge in [0.25, 0.3) is 0 Å². The topological polar surface area (TPSA) is 69.6 Å². The maximum atomic E-state index is 10.8. The zero-order valence-electron chi connectivity index (χ0n) is 9.43. The van der Waals surface area contributed by atoms with Gasteiger partial charge in [0.1, 0.15) is 5.82 Å². The van der Waals surface area contributed by atoms with Gasteiger partial charge in [0.2, 0.25) is 5.28 Å². The predicted octanol–water partition coefficient (Wildman–Crippen LogP) is 1.24. The molecule has 6 nitrogen and oxygen atoms in total. The highest BCUT2D eigenvalue weighted by molar-refractivity contribution is 6.28. The number of amides is 1. The van der Waals surface area contributed by atoms with Crippen LogP contribution in [-0.2, 0) is 0 Å². The van der Waals surface area contributed by atoms with Gasteiger partial charge in [-0.1, -0.05) is 0 Å². The summed E-state index contributed by atoms with van der Waals surface area (Å²) in [6.45, 7) is 4.06. The minimum Gasteiger partial charge on any atom is -0.465 e. The minimum atomic E-state index is -0.874. The second kappa shape index (κ2) is 4.75. The Morgan fingerprint density at radius 3 is 2.53 bits per heavy atom. The maximum Gasteiger partial charge on any atom is 0.407 e. The summed E-state index contributed by atoms with van der Waals surface area (Å²) in [5, 5.41) is 9.07. The summed E-state index contributed by atoms with van der Waals surface area (Å²) in [6, 6.07) is 1.85. The van der Waals surface area contributed by atoms with Gasteiger partial charge in [-0.25, -0.2) is 14.8 Å². The number of nitrogens with zero attached hydrogens (tertiary/aromatic N) is 4. The Balaban J connectivity index is 2.07. The van der Waals surface area contributed by atoms with Gasteiger partial charge in [-0.15, -0.1) is 0 Å². The Morgan fingerprint density at radius 2 is 2.00 bits per heavy atom. The number of piperazine rings is 1. The first-order valence-electron chi connectivity index (χ1n) is 5.30. The van der Waals surface area contributed by atoms with Crippen molar-refractivity contribution in [3.05, 3.63) is 17.0 Å². The third-order valence-electron chi connectivity index (χ3n) is 2.69. The van der Waals surface area contributed by atoms with Crippen LogP contribution in [0, 0.1) is 6.92 Å². The SMILES string of the molecule is Cc1cc(N2CCN(C(=O)O)CC2)nc(Cl)n1. The van der Waals surface area contributed by atoms with Crippen molar-refractivity contribution < 1.29 is 9.90 Å². The summed E-state index contributed by atoms with van der Waals surface area (Å²) < 4.78 is 0.